The van der Waals surface area contributed by atoms with Crippen LogP contribution in [0.3, 0.4) is 0 Å². The number of para-hydroxylation sites is 2. The number of amides is 1. The topological polar surface area (TPSA) is 122 Å². The summed E-state index contributed by atoms with van der Waals surface area (Å²) in [6.45, 7) is 0.479. The minimum absolute atomic E-state index is 0.0513. The minimum Gasteiger partial charge on any atom is -0.478 e. The van der Waals surface area contributed by atoms with Crippen LogP contribution in [0.4, 0.5) is 11.4 Å². The third kappa shape index (κ3) is 5.17. The summed E-state index contributed by atoms with van der Waals surface area (Å²) in [5, 5.41) is 24.3. The molecule has 0 aliphatic carbocycles. The molecule has 106 valence electrons. The van der Waals surface area contributed by atoms with Crippen molar-refractivity contribution in [3.63, 3.8) is 0 Å². The van der Waals surface area contributed by atoms with Crippen LogP contribution in [0.25, 0.3) is 0 Å². The van der Waals surface area contributed by atoms with Gasteiger partial charge >= 0.3 is 5.97 Å². The fourth-order valence-corrected chi connectivity index (χ4v) is 1.37. The molecule has 1 amide bonds. The molecule has 1 aromatic carbocycles. The van der Waals surface area contributed by atoms with E-state index in [0.29, 0.717) is 5.69 Å². The number of nitro groups is 1. The van der Waals surface area contributed by atoms with Crippen molar-refractivity contribution in [2.24, 2.45) is 0 Å². The van der Waals surface area contributed by atoms with Crippen LogP contribution in [-0.4, -0.2) is 35.0 Å². The average molecular weight is 279 g/mol. The molecule has 0 aliphatic rings. The van der Waals surface area contributed by atoms with Gasteiger partial charge in [-0.05, 0) is 6.07 Å². The van der Waals surface area contributed by atoms with Crippen LogP contribution in [0.2, 0.25) is 0 Å². The number of carboxylic acids is 1. The molecule has 0 fully saturated rings. The summed E-state index contributed by atoms with van der Waals surface area (Å²) in [6, 6.07) is 6.14. The summed E-state index contributed by atoms with van der Waals surface area (Å²) < 4.78 is 0. The highest BCUT2D eigenvalue weighted by Crippen LogP contribution is 2.22. The number of carbonyl (C=O) groups excluding carboxylic acids is 1. The van der Waals surface area contributed by atoms with E-state index in [1.165, 1.54) is 6.07 Å². The van der Waals surface area contributed by atoms with Gasteiger partial charge in [0.1, 0.15) is 5.69 Å². The van der Waals surface area contributed by atoms with Crippen molar-refractivity contribution >= 4 is 23.3 Å². The number of benzene rings is 1. The van der Waals surface area contributed by atoms with Crippen molar-refractivity contribution in [3.8, 4) is 0 Å². The fraction of sp³-hybridized carbons (Fsp3) is 0.167. The van der Waals surface area contributed by atoms with Gasteiger partial charge in [0.2, 0.25) is 5.91 Å². The standard InChI is InChI=1S/C12H13N3O5/c16-11(5-6-12(17)18)14-8-7-13-9-3-1-2-4-10(9)15(19)20/h1-6,13H,7-8H2,(H,14,16)(H,17,18)/b6-5-. The lowest BCUT2D eigenvalue weighted by molar-refractivity contribution is -0.384. The fourth-order valence-electron chi connectivity index (χ4n) is 1.37. The molecule has 8 nitrogen and oxygen atoms in total. The van der Waals surface area contributed by atoms with Crippen LogP contribution in [0.5, 0.6) is 0 Å². The Bertz CT molecular complexity index is 542. The molecule has 0 atom stereocenters. The highest BCUT2D eigenvalue weighted by molar-refractivity contribution is 5.93. The molecule has 0 unspecified atom stereocenters. The molecule has 3 N–H and O–H groups in total. The van der Waals surface area contributed by atoms with Gasteiger partial charge in [0.05, 0.1) is 4.92 Å². The van der Waals surface area contributed by atoms with Gasteiger partial charge < -0.3 is 15.7 Å². The summed E-state index contributed by atoms with van der Waals surface area (Å²) in [5.74, 6) is -1.75. The lowest BCUT2D eigenvalue weighted by atomic mass is 10.2. The van der Waals surface area contributed by atoms with Gasteiger partial charge in [0.15, 0.2) is 0 Å². The number of hydrogen-bond acceptors (Lipinski definition) is 5. The molecule has 0 saturated heterocycles. The number of carbonyl (C=O) groups is 2. The zero-order valence-electron chi connectivity index (χ0n) is 10.4. The van der Waals surface area contributed by atoms with Gasteiger partial charge in [-0.2, -0.15) is 0 Å². The molecule has 0 spiro atoms. The smallest absolute Gasteiger partial charge is 0.328 e. The van der Waals surface area contributed by atoms with E-state index >= 15 is 0 Å². The monoisotopic (exact) mass is 279 g/mol. The maximum absolute atomic E-state index is 11.1. The summed E-state index contributed by atoms with van der Waals surface area (Å²) in [4.78, 5) is 31.6. The average Bonchev–Trinajstić information content (AvgIpc) is 2.41. The predicted molar refractivity (Wildman–Crippen MR) is 71.4 cm³/mol. The van der Waals surface area contributed by atoms with Crippen LogP contribution in [0, 0.1) is 10.1 Å². The van der Waals surface area contributed by atoms with E-state index in [1.807, 2.05) is 0 Å². The summed E-state index contributed by atoms with van der Waals surface area (Å²) in [6.07, 6.45) is 1.62. The van der Waals surface area contributed by atoms with Gasteiger partial charge in [0.25, 0.3) is 5.69 Å². The first-order valence-electron chi connectivity index (χ1n) is 5.67. The largest absolute Gasteiger partial charge is 0.478 e. The van der Waals surface area contributed by atoms with E-state index in [4.69, 9.17) is 5.11 Å². The molecule has 1 aromatic rings. The summed E-state index contributed by atoms with van der Waals surface area (Å²) in [5.41, 5.74) is 0.303. The summed E-state index contributed by atoms with van der Waals surface area (Å²) >= 11 is 0. The van der Waals surface area contributed by atoms with Gasteiger partial charge in [-0.3, -0.25) is 14.9 Å². The van der Waals surface area contributed by atoms with Gasteiger partial charge in [-0.25, -0.2) is 4.79 Å². The van der Waals surface area contributed by atoms with Crippen LogP contribution < -0.4 is 10.6 Å². The zero-order valence-corrected chi connectivity index (χ0v) is 10.4. The SMILES string of the molecule is O=C(O)/C=C\C(=O)NCCNc1ccccc1[N+](=O)[O-]. The van der Waals surface area contributed by atoms with E-state index in [0.717, 1.165) is 12.2 Å². The zero-order chi connectivity index (χ0) is 15.0. The Morgan fingerprint density at radius 3 is 2.60 bits per heavy atom. The molecule has 0 bridgehead atoms. The lowest BCUT2D eigenvalue weighted by Crippen LogP contribution is -2.27. The second-order valence-corrected chi connectivity index (χ2v) is 3.66. The molecular weight excluding hydrogens is 266 g/mol. The first kappa shape index (κ1) is 15.2. The molecule has 0 saturated carbocycles. The van der Waals surface area contributed by atoms with Crippen molar-refractivity contribution in [3.05, 3.63) is 46.5 Å². The number of rotatable bonds is 7. The van der Waals surface area contributed by atoms with E-state index in [-0.39, 0.29) is 18.8 Å². The maximum Gasteiger partial charge on any atom is 0.328 e. The van der Waals surface area contributed by atoms with Crippen LogP contribution in [-0.2, 0) is 9.59 Å². The number of hydrogen-bond donors (Lipinski definition) is 3. The lowest BCUT2D eigenvalue weighted by Gasteiger charge is -2.07. The second kappa shape index (κ2) is 7.52. The highest BCUT2D eigenvalue weighted by Gasteiger charge is 2.11. The van der Waals surface area contributed by atoms with Gasteiger partial charge in [-0.1, -0.05) is 12.1 Å². The molecule has 1 rings (SSSR count). The first-order valence-corrected chi connectivity index (χ1v) is 5.67. The third-order valence-electron chi connectivity index (χ3n) is 2.22. The number of nitro benzene ring substituents is 1. The molecule has 0 aromatic heterocycles. The van der Waals surface area contributed by atoms with Crippen molar-refractivity contribution in [2.45, 2.75) is 0 Å². The second-order valence-electron chi connectivity index (χ2n) is 3.66. The Balaban J connectivity index is 2.40. The quantitative estimate of drug-likeness (QED) is 0.293. The molecule has 0 heterocycles. The molecule has 8 heteroatoms. The Morgan fingerprint density at radius 1 is 1.25 bits per heavy atom. The van der Waals surface area contributed by atoms with Crippen molar-refractivity contribution < 1.29 is 19.6 Å². The molecule has 20 heavy (non-hydrogen) atoms. The Hall–Kier alpha value is -2.90. The Morgan fingerprint density at radius 2 is 1.95 bits per heavy atom. The van der Waals surface area contributed by atoms with E-state index in [1.54, 1.807) is 18.2 Å². The highest BCUT2D eigenvalue weighted by atomic mass is 16.6. The normalized spacial score (nSPS) is 10.2. The van der Waals surface area contributed by atoms with Crippen molar-refractivity contribution in [2.75, 3.05) is 18.4 Å². The van der Waals surface area contributed by atoms with E-state index < -0.39 is 16.8 Å². The Labute approximate surface area is 114 Å². The molecule has 0 radical (unpaired) electrons. The summed E-state index contributed by atoms with van der Waals surface area (Å²) in [7, 11) is 0. The first-order chi connectivity index (χ1) is 9.50. The number of anilines is 1. The van der Waals surface area contributed by atoms with Crippen LogP contribution in [0.15, 0.2) is 36.4 Å². The third-order valence-corrected chi connectivity index (χ3v) is 2.22. The van der Waals surface area contributed by atoms with Crippen molar-refractivity contribution in [1.82, 2.24) is 5.32 Å². The van der Waals surface area contributed by atoms with Crippen molar-refractivity contribution in [1.29, 1.82) is 0 Å². The van der Waals surface area contributed by atoms with E-state index in [2.05, 4.69) is 10.6 Å². The predicted octanol–water partition coefficient (Wildman–Crippen LogP) is 0.764. The number of aliphatic carboxylic acids is 1. The number of carboxylic acid groups (broad SMARTS) is 1. The number of nitrogens with one attached hydrogen (secondary N) is 2. The molecular formula is C12H13N3O5. The Kier molecular flexibility index (Phi) is 5.70. The number of nitrogens with zero attached hydrogens (tertiary/aromatic N) is 1. The van der Waals surface area contributed by atoms with Gasteiger partial charge in [-0.15, -0.1) is 0 Å². The van der Waals surface area contributed by atoms with Gasteiger partial charge in [0, 0.05) is 31.3 Å². The minimum atomic E-state index is -1.21. The molecule has 0 aliphatic heterocycles. The van der Waals surface area contributed by atoms with Crippen LogP contribution in [0.1, 0.15) is 0 Å². The van der Waals surface area contributed by atoms with Crippen LogP contribution >= 0.6 is 0 Å². The van der Waals surface area contributed by atoms with E-state index in [9.17, 15) is 19.7 Å². The maximum atomic E-state index is 11.1.